The van der Waals surface area contributed by atoms with E-state index in [9.17, 15) is 10.2 Å². The lowest BCUT2D eigenvalue weighted by molar-refractivity contribution is 0.114. The van der Waals surface area contributed by atoms with E-state index in [0.717, 1.165) is 24.2 Å². The number of aliphatic hydroxyl groups excluding tert-OH is 2. The van der Waals surface area contributed by atoms with Gasteiger partial charge in [0.15, 0.2) is 0 Å². The van der Waals surface area contributed by atoms with Crippen LogP contribution in [0.4, 0.5) is 0 Å². The Balaban J connectivity index is 2.66. The average molecular weight is 267 g/mol. The molecule has 1 aromatic carbocycles. The zero-order valence-electron chi connectivity index (χ0n) is 12.0. The third-order valence-corrected chi connectivity index (χ3v) is 3.81. The molecule has 19 heavy (non-hydrogen) atoms. The van der Waals surface area contributed by atoms with E-state index in [1.807, 2.05) is 38.1 Å². The molecule has 1 atom stereocenters. The maximum atomic E-state index is 10.2. The van der Waals surface area contributed by atoms with E-state index >= 15 is 0 Å². The van der Waals surface area contributed by atoms with E-state index in [0.29, 0.717) is 6.54 Å². The van der Waals surface area contributed by atoms with Crippen LogP contribution in [0.25, 0.3) is 0 Å². The highest BCUT2D eigenvalue weighted by molar-refractivity contribution is 5.29. The van der Waals surface area contributed by atoms with Crippen molar-refractivity contribution in [3.8, 4) is 5.75 Å². The molecule has 4 heteroatoms. The number of hydrogen-bond acceptors (Lipinski definition) is 4. The quantitative estimate of drug-likeness (QED) is 0.673. The molecule has 0 aliphatic rings. The standard InChI is InChI=1S/C15H25NO3/c1-4-15(5-2,11-17)16-10-14(18)12-7-6-8-13(9-12)19-3/h6-9,14,16-18H,4-5,10-11H2,1-3H3. The van der Waals surface area contributed by atoms with Crippen molar-refractivity contribution in [2.24, 2.45) is 0 Å². The Morgan fingerprint density at radius 3 is 2.53 bits per heavy atom. The molecule has 0 spiro atoms. The smallest absolute Gasteiger partial charge is 0.119 e. The highest BCUT2D eigenvalue weighted by atomic mass is 16.5. The van der Waals surface area contributed by atoms with Gasteiger partial charge in [-0.2, -0.15) is 0 Å². The Kier molecular flexibility index (Phi) is 6.28. The van der Waals surface area contributed by atoms with Crippen molar-refractivity contribution in [1.82, 2.24) is 5.32 Å². The normalized spacial score (nSPS) is 13.3. The fraction of sp³-hybridized carbons (Fsp3) is 0.600. The van der Waals surface area contributed by atoms with Crippen LogP contribution in [0.1, 0.15) is 38.4 Å². The minimum absolute atomic E-state index is 0.0742. The van der Waals surface area contributed by atoms with Crippen molar-refractivity contribution in [2.75, 3.05) is 20.3 Å². The van der Waals surface area contributed by atoms with Crippen LogP contribution in [0.2, 0.25) is 0 Å². The highest BCUT2D eigenvalue weighted by Gasteiger charge is 2.25. The van der Waals surface area contributed by atoms with Crippen molar-refractivity contribution < 1.29 is 14.9 Å². The van der Waals surface area contributed by atoms with Gasteiger partial charge in [0, 0.05) is 12.1 Å². The van der Waals surface area contributed by atoms with Gasteiger partial charge in [-0.3, -0.25) is 0 Å². The van der Waals surface area contributed by atoms with Gasteiger partial charge in [0.05, 0.1) is 19.8 Å². The Bertz CT molecular complexity index is 369. The lowest BCUT2D eigenvalue weighted by Gasteiger charge is -2.32. The van der Waals surface area contributed by atoms with Crippen LogP contribution in [0.5, 0.6) is 5.75 Å². The molecule has 1 rings (SSSR count). The molecule has 0 fully saturated rings. The molecule has 0 aromatic heterocycles. The minimum atomic E-state index is -0.612. The minimum Gasteiger partial charge on any atom is -0.497 e. The number of ether oxygens (including phenoxy) is 1. The van der Waals surface area contributed by atoms with Gasteiger partial charge in [0.2, 0.25) is 0 Å². The molecule has 0 bridgehead atoms. The maximum absolute atomic E-state index is 10.2. The van der Waals surface area contributed by atoms with Crippen molar-refractivity contribution in [3.63, 3.8) is 0 Å². The van der Waals surface area contributed by atoms with Crippen LogP contribution < -0.4 is 10.1 Å². The first-order valence-corrected chi connectivity index (χ1v) is 6.78. The van der Waals surface area contributed by atoms with E-state index in [1.54, 1.807) is 7.11 Å². The summed E-state index contributed by atoms with van der Waals surface area (Å²) in [6.45, 7) is 4.55. The average Bonchev–Trinajstić information content (AvgIpc) is 2.49. The lowest BCUT2D eigenvalue weighted by Crippen LogP contribution is -2.49. The van der Waals surface area contributed by atoms with Crippen LogP contribution >= 0.6 is 0 Å². The number of nitrogens with one attached hydrogen (secondary N) is 1. The molecule has 1 unspecified atom stereocenters. The predicted molar refractivity (Wildman–Crippen MR) is 76.4 cm³/mol. The Labute approximate surface area is 115 Å². The fourth-order valence-corrected chi connectivity index (χ4v) is 2.06. The van der Waals surface area contributed by atoms with Gasteiger partial charge >= 0.3 is 0 Å². The van der Waals surface area contributed by atoms with Crippen molar-refractivity contribution in [3.05, 3.63) is 29.8 Å². The summed E-state index contributed by atoms with van der Waals surface area (Å²) < 4.78 is 5.14. The van der Waals surface area contributed by atoms with Crippen LogP contribution in [0, 0.1) is 0 Å². The largest absolute Gasteiger partial charge is 0.497 e. The predicted octanol–water partition coefficient (Wildman–Crippen LogP) is 1.87. The Morgan fingerprint density at radius 2 is 2.00 bits per heavy atom. The first-order valence-electron chi connectivity index (χ1n) is 6.78. The molecule has 0 aliphatic heterocycles. The zero-order chi connectivity index (χ0) is 14.3. The van der Waals surface area contributed by atoms with Gasteiger partial charge in [-0.1, -0.05) is 26.0 Å². The lowest BCUT2D eigenvalue weighted by atomic mass is 9.93. The molecule has 108 valence electrons. The van der Waals surface area contributed by atoms with Crippen molar-refractivity contribution in [2.45, 2.75) is 38.3 Å². The number of methoxy groups -OCH3 is 1. The third-order valence-electron chi connectivity index (χ3n) is 3.81. The van der Waals surface area contributed by atoms with Gasteiger partial charge < -0.3 is 20.3 Å². The summed E-state index contributed by atoms with van der Waals surface area (Å²) in [5.74, 6) is 0.732. The summed E-state index contributed by atoms with van der Waals surface area (Å²) >= 11 is 0. The third kappa shape index (κ3) is 4.20. The first kappa shape index (κ1) is 16.0. The van der Waals surface area contributed by atoms with E-state index in [2.05, 4.69) is 5.32 Å². The topological polar surface area (TPSA) is 61.7 Å². The van der Waals surface area contributed by atoms with Gasteiger partial charge in [0.1, 0.15) is 5.75 Å². The molecular weight excluding hydrogens is 242 g/mol. The highest BCUT2D eigenvalue weighted by Crippen LogP contribution is 2.20. The van der Waals surface area contributed by atoms with E-state index in [4.69, 9.17) is 4.74 Å². The zero-order valence-corrected chi connectivity index (χ0v) is 12.0. The second-order valence-electron chi connectivity index (χ2n) is 4.82. The SMILES string of the molecule is CCC(CC)(CO)NCC(O)c1cccc(OC)c1. The van der Waals surface area contributed by atoms with E-state index in [1.165, 1.54) is 0 Å². The monoisotopic (exact) mass is 267 g/mol. The number of β-amino-alcohol motifs (C(OH)–C–C–N with tert-alkyl or cyclic N) is 1. The molecule has 0 amide bonds. The van der Waals surface area contributed by atoms with Gasteiger partial charge in [-0.25, -0.2) is 0 Å². The molecule has 1 aromatic rings. The molecule has 0 radical (unpaired) electrons. The molecular formula is C15H25NO3. The Hall–Kier alpha value is -1.10. The summed E-state index contributed by atoms with van der Waals surface area (Å²) in [5, 5.41) is 22.9. The fourth-order valence-electron chi connectivity index (χ4n) is 2.06. The van der Waals surface area contributed by atoms with E-state index < -0.39 is 6.10 Å². The van der Waals surface area contributed by atoms with Gasteiger partial charge in [-0.05, 0) is 30.5 Å². The molecule has 0 saturated carbocycles. The van der Waals surface area contributed by atoms with Crippen LogP contribution in [0.15, 0.2) is 24.3 Å². The maximum Gasteiger partial charge on any atom is 0.119 e. The second kappa shape index (κ2) is 7.48. The molecule has 0 saturated heterocycles. The van der Waals surface area contributed by atoms with Crippen LogP contribution in [-0.2, 0) is 0 Å². The number of benzene rings is 1. The summed E-state index contributed by atoms with van der Waals surface area (Å²) in [6, 6.07) is 7.40. The molecule has 0 aliphatic carbocycles. The van der Waals surface area contributed by atoms with Crippen molar-refractivity contribution in [1.29, 1.82) is 0 Å². The summed E-state index contributed by atoms with van der Waals surface area (Å²) in [4.78, 5) is 0. The summed E-state index contributed by atoms with van der Waals surface area (Å²) in [5.41, 5.74) is 0.505. The van der Waals surface area contributed by atoms with E-state index in [-0.39, 0.29) is 12.1 Å². The van der Waals surface area contributed by atoms with Crippen LogP contribution in [0.3, 0.4) is 0 Å². The summed E-state index contributed by atoms with van der Waals surface area (Å²) in [6.07, 6.45) is 1.04. The number of rotatable bonds is 8. The number of hydrogen-bond donors (Lipinski definition) is 3. The van der Waals surface area contributed by atoms with Crippen molar-refractivity contribution >= 4 is 0 Å². The molecule has 0 heterocycles. The first-order chi connectivity index (χ1) is 9.10. The summed E-state index contributed by atoms with van der Waals surface area (Å²) in [7, 11) is 1.61. The Morgan fingerprint density at radius 1 is 1.32 bits per heavy atom. The number of aliphatic hydroxyl groups is 2. The molecule has 3 N–H and O–H groups in total. The second-order valence-corrected chi connectivity index (χ2v) is 4.82. The molecule has 4 nitrogen and oxygen atoms in total. The van der Waals surface area contributed by atoms with Gasteiger partial charge in [0.25, 0.3) is 0 Å². The van der Waals surface area contributed by atoms with Crippen LogP contribution in [-0.4, -0.2) is 36.0 Å². The van der Waals surface area contributed by atoms with Gasteiger partial charge in [-0.15, -0.1) is 0 Å².